The van der Waals surface area contributed by atoms with E-state index in [0.717, 1.165) is 32.2 Å². The van der Waals surface area contributed by atoms with Gasteiger partial charge in [-0.3, -0.25) is 4.79 Å². The second-order valence-electron chi connectivity index (χ2n) is 5.15. The van der Waals surface area contributed by atoms with E-state index in [0.29, 0.717) is 11.8 Å². The van der Waals surface area contributed by atoms with Gasteiger partial charge < -0.3 is 4.90 Å². The molecule has 1 aliphatic rings. The van der Waals surface area contributed by atoms with Gasteiger partial charge in [-0.15, -0.1) is 0 Å². The van der Waals surface area contributed by atoms with Crippen molar-refractivity contribution in [3.63, 3.8) is 0 Å². The van der Waals surface area contributed by atoms with E-state index in [1.165, 1.54) is 18.5 Å². The number of anilines is 1. The van der Waals surface area contributed by atoms with Crippen LogP contribution in [0.5, 0.6) is 0 Å². The fourth-order valence-electron chi connectivity index (χ4n) is 2.71. The van der Waals surface area contributed by atoms with Gasteiger partial charge >= 0.3 is 0 Å². The van der Waals surface area contributed by atoms with E-state index >= 15 is 0 Å². The molecule has 0 heterocycles. The highest BCUT2D eigenvalue weighted by Gasteiger charge is 2.24. The highest BCUT2D eigenvalue weighted by Crippen LogP contribution is 2.26. The molecule has 1 aromatic carbocycles. The SMILES string of the molecule is CCCCN(c1ccccc1)C1CCC(=O)CC1. The van der Waals surface area contributed by atoms with Crippen LogP contribution in [0.3, 0.4) is 0 Å². The lowest BCUT2D eigenvalue weighted by atomic mass is 9.92. The number of nitrogens with zero attached hydrogens (tertiary/aromatic N) is 1. The van der Waals surface area contributed by atoms with Gasteiger partial charge in [-0.2, -0.15) is 0 Å². The van der Waals surface area contributed by atoms with Gasteiger partial charge in [0.15, 0.2) is 0 Å². The van der Waals surface area contributed by atoms with Crippen LogP contribution in [-0.2, 0) is 4.79 Å². The molecule has 0 saturated heterocycles. The highest BCUT2D eigenvalue weighted by atomic mass is 16.1. The maximum atomic E-state index is 11.4. The first kappa shape index (κ1) is 13.1. The lowest BCUT2D eigenvalue weighted by Gasteiger charge is -2.36. The molecule has 0 aromatic heterocycles. The van der Waals surface area contributed by atoms with Crippen molar-refractivity contribution in [2.24, 2.45) is 0 Å². The van der Waals surface area contributed by atoms with Crippen LogP contribution in [-0.4, -0.2) is 18.4 Å². The third-order valence-electron chi connectivity index (χ3n) is 3.79. The molecule has 1 aromatic rings. The van der Waals surface area contributed by atoms with Crippen LogP contribution >= 0.6 is 0 Å². The molecule has 0 unspecified atom stereocenters. The number of unbranched alkanes of at least 4 members (excludes halogenated alkanes) is 1. The molecular weight excluding hydrogens is 222 g/mol. The van der Waals surface area contributed by atoms with Gasteiger partial charge in [-0.05, 0) is 31.4 Å². The molecule has 1 saturated carbocycles. The molecule has 0 atom stereocenters. The van der Waals surface area contributed by atoms with Crippen LogP contribution in [0, 0.1) is 0 Å². The van der Waals surface area contributed by atoms with Gasteiger partial charge in [0.1, 0.15) is 5.78 Å². The largest absolute Gasteiger partial charge is 0.369 e. The summed E-state index contributed by atoms with van der Waals surface area (Å²) in [6.07, 6.45) is 6.02. The molecule has 2 nitrogen and oxygen atoms in total. The molecular formula is C16H23NO. The second kappa shape index (κ2) is 6.58. The summed E-state index contributed by atoms with van der Waals surface area (Å²) in [7, 11) is 0. The van der Waals surface area contributed by atoms with Crippen molar-refractivity contribution in [1.82, 2.24) is 0 Å². The Balaban J connectivity index is 2.07. The second-order valence-corrected chi connectivity index (χ2v) is 5.15. The Morgan fingerprint density at radius 1 is 1.17 bits per heavy atom. The Morgan fingerprint density at radius 2 is 1.83 bits per heavy atom. The average molecular weight is 245 g/mol. The zero-order valence-corrected chi connectivity index (χ0v) is 11.3. The Kier molecular flexibility index (Phi) is 4.80. The fourth-order valence-corrected chi connectivity index (χ4v) is 2.71. The van der Waals surface area contributed by atoms with Crippen molar-refractivity contribution in [2.75, 3.05) is 11.4 Å². The topological polar surface area (TPSA) is 20.3 Å². The molecule has 0 bridgehead atoms. The zero-order chi connectivity index (χ0) is 12.8. The zero-order valence-electron chi connectivity index (χ0n) is 11.3. The number of hydrogen-bond acceptors (Lipinski definition) is 2. The third kappa shape index (κ3) is 3.34. The minimum atomic E-state index is 0.440. The Bertz CT molecular complexity index is 364. The summed E-state index contributed by atoms with van der Waals surface area (Å²) in [5, 5.41) is 0. The van der Waals surface area contributed by atoms with E-state index in [-0.39, 0.29) is 0 Å². The molecule has 2 heteroatoms. The molecule has 0 amide bonds. The monoisotopic (exact) mass is 245 g/mol. The molecule has 0 radical (unpaired) electrons. The number of para-hydroxylation sites is 1. The predicted octanol–water partition coefficient (Wildman–Crippen LogP) is 3.80. The van der Waals surface area contributed by atoms with Gasteiger partial charge in [0.05, 0.1) is 0 Å². The number of ketones is 1. The summed E-state index contributed by atoms with van der Waals surface area (Å²) in [4.78, 5) is 13.9. The summed E-state index contributed by atoms with van der Waals surface area (Å²) < 4.78 is 0. The Labute approximate surface area is 110 Å². The van der Waals surface area contributed by atoms with Crippen LogP contribution in [0.2, 0.25) is 0 Å². The van der Waals surface area contributed by atoms with Gasteiger partial charge in [-0.1, -0.05) is 31.5 Å². The van der Waals surface area contributed by atoms with Crippen LogP contribution in [0.15, 0.2) is 30.3 Å². The Hall–Kier alpha value is -1.31. The molecule has 1 fully saturated rings. The van der Waals surface area contributed by atoms with Crippen LogP contribution in [0.4, 0.5) is 5.69 Å². The summed E-state index contributed by atoms with van der Waals surface area (Å²) in [6.45, 7) is 3.34. The van der Waals surface area contributed by atoms with E-state index < -0.39 is 0 Å². The first-order chi connectivity index (χ1) is 8.81. The molecule has 18 heavy (non-hydrogen) atoms. The number of benzene rings is 1. The van der Waals surface area contributed by atoms with E-state index in [2.05, 4.69) is 42.2 Å². The summed E-state index contributed by atoms with van der Waals surface area (Å²) in [6, 6.07) is 11.2. The normalized spacial score (nSPS) is 16.8. The van der Waals surface area contributed by atoms with Crippen LogP contribution in [0.1, 0.15) is 45.4 Å². The Morgan fingerprint density at radius 3 is 2.44 bits per heavy atom. The number of hydrogen-bond donors (Lipinski definition) is 0. The van der Waals surface area contributed by atoms with Gasteiger partial charge in [0.2, 0.25) is 0 Å². The number of Topliss-reactive ketones (excluding diaryl/α,β-unsaturated/α-hetero) is 1. The summed E-state index contributed by atoms with van der Waals surface area (Å²) in [5.74, 6) is 0.440. The first-order valence-corrected chi connectivity index (χ1v) is 7.14. The quantitative estimate of drug-likeness (QED) is 0.786. The minimum absolute atomic E-state index is 0.440. The van der Waals surface area contributed by atoms with E-state index in [1.54, 1.807) is 0 Å². The highest BCUT2D eigenvalue weighted by molar-refractivity contribution is 5.79. The van der Waals surface area contributed by atoms with Crippen molar-refractivity contribution in [2.45, 2.75) is 51.5 Å². The van der Waals surface area contributed by atoms with Crippen molar-refractivity contribution in [1.29, 1.82) is 0 Å². The summed E-state index contributed by atoms with van der Waals surface area (Å²) in [5.41, 5.74) is 1.31. The molecule has 98 valence electrons. The third-order valence-corrected chi connectivity index (χ3v) is 3.79. The smallest absolute Gasteiger partial charge is 0.133 e. The predicted molar refractivity (Wildman–Crippen MR) is 76.0 cm³/mol. The summed E-state index contributed by atoms with van der Waals surface area (Å²) >= 11 is 0. The minimum Gasteiger partial charge on any atom is -0.369 e. The van der Waals surface area contributed by atoms with Crippen molar-refractivity contribution < 1.29 is 4.79 Å². The molecule has 0 aliphatic heterocycles. The number of carbonyl (C=O) groups is 1. The number of carbonyl (C=O) groups excluding carboxylic acids is 1. The molecule has 1 aliphatic carbocycles. The van der Waals surface area contributed by atoms with Crippen LogP contribution in [0.25, 0.3) is 0 Å². The van der Waals surface area contributed by atoms with E-state index in [4.69, 9.17) is 0 Å². The van der Waals surface area contributed by atoms with Gasteiger partial charge in [0, 0.05) is 31.1 Å². The molecule has 0 N–H and O–H groups in total. The van der Waals surface area contributed by atoms with Crippen molar-refractivity contribution in [3.05, 3.63) is 30.3 Å². The number of rotatable bonds is 5. The molecule has 2 rings (SSSR count). The maximum absolute atomic E-state index is 11.4. The van der Waals surface area contributed by atoms with E-state index in [9.17, 15) is 4.79 Å². The maximum Gasteiger partial charge on any atom is 0.133 e. The van der Waals surface area contributed by atoms with Gasteiger partial charge in [-0.25, -0.2) is 0 Å². The lowest BCUT2D eigenvalue weighted by Crippen LogP contribution is -2.39. The first-order valence-electron chi connectivity index (χ1n) is 7.14. The lowest BCUT2D eigenvalue weighted by molar-refractivity contribution is -0.120. The average Bonchev–Trinajstić information content (AvgIpc) is 2.42. The van der Waals surface area contributed by atoms with E-state index in [1.807, 2.05) is 0 Å². The van der Waals surface area contributed by atoms with Crippen LogP contribution < -0.4 is 4.90 Å². The van der Waals surface area contributed by atoms with Gasteiger partial charge in [0.25, 0.3) is 0 Å². The standard InChI is InChI=1S/C16H23NO/c1-2-3-13-17(14-7-5-4-6-8-14)15-9-11-16(18)12-10-15/h4-8,15H,2-3,9-13H2,1H3. The van der Waals surface area contributed by atoms with Crippen molar-refractivity contribution in [3.8, 4) is 0 Å². The molecule has 0 spiro atoms. The fraction of sp³-hybridized carbons (Fsp3) is 0.562. The van der Waals surface area contributed by atoms with Crippen molar-refractivity contribution >= 4 is 11.5 Å².